The van der Waals surface area contributed by atoms with E-state index in [4.69, 9.17) is 13.8 Å². The lowest BCUT2D eigenvalue weighted by atomic mass is 10.2. The maximum absolute atomic E-state index is 5.53. The van der Waals surface area contributed by atoms with Crippen molar-refractivity contribution in [3.8, 4) is 0 Å². The monoisotopic (exact) mass is 155 g/mol. The van der Waals surface area contributed by atoms with Gasteiger partial charge in [-0.1, -0.05) is 0 Å². The molecule has 2 heterocycles. The predicted octanol–water partition coefficient (Wildman–Crippen LogP) is 1.14. The summed E-state index contributed by atoms with van der Waals surface area (Å²) in [6, 6.07) is 1.66. The van der Waals surface area contributed by atoms with Gasteiger partial charge in [-0.3, -0.25) is 4.98 Å². The fraction of sp³-hybridized carbons (Fsp3) is 0. The Morgan fingerprint density at radius 1 is 1.08 bits per heavy atom. The van der Waals surface area contributed by atoms with Crippen molar-refractivity contribution < 1.29 is 0 Å². The molecule has 3 nitrogen and oxygen atoms in total. The highest BCUT2D eigenvalue weighted by Gasteiger charge is 1.99. The highest BCUT2D eigenvalue weighted by molar-refractivity contribution is 5.70. The van der Waals surface area contributed by atoms with Gasteiger partial charge in [0.15, 0.2) is 5.65 Å². The van der Waals surface area contributed by atoms with Crippen LogP contribution < -0.4 is 0 Å². The summed E-state index contributed by atoms with van der Waals surface area (Å²) in [4.78, 5) is 12.0. The van der Waals surface area contributed by atoms with Crippen LogP contribution in [0, 0.1) is 13.8 Å². The minimum Gasteiger partial charge on any atom is -0.251 e. The molecule has 2 aromatic rings. The maximum atomic E-state index is 5.53. The zero-order valence-electron chi connectivity index (χ0n) is 6.23. The van der Waals surface area contributed by atoms with Gasteiger partial charge in [0.25, 0.3) is 0 Å². The number of fused-ring (bicyclic) bond motifs is 1. The summed E-state index contributed by atoms with van der Waals surface area (Å²) in [5.74, 6) is 0. The van der Waals surface area contributed by atoms with Gasteiger partial charge in [-0.2, -0.15) is 0 Å². The second-order valence-corrected chi connectivity index (χ2v) is 2.36. The van der Waals surface area contributed by atoms with Crippen LogP contribution in [0.2, 0.25) is 0 Å². The first-order valence-corrected chi connectivity index (χ1v) is 3.40. The Labute approximate surface area is 70.5 Å². The molecule has 0 aliphatic rings. The number of aromatic nitrogens is 3. The van der Waals surface area contributed by atoms with Crippen LogP contribution in [-0.4, -0.2) is 15.0 Å². The van der Waals surface area contributed by atoms with Crippen molar-refractivity contribution in [3.05, 3.63) is 43.6 Å². The molecule has 12 heavy (non-hydrogen) atoms. The van der Waals surface area contributed by atoms with Gasteiger partial charge < -0.3 is 0 Å². The quantitative estimate of drug-likeness (QED) is 0.572. The smallest absolute Gasteiger partial charge is 0.178 e. The molecular weight excluding hydrogens is 150 g/mol. The molecule has 2 rings (SSSR count). The molecule has 0 amide bonds. The molecule has 56 valence electrons. The van der Waals surface area contributed by atoms with Crippen LogP contribution in [0.15, 0.2) is 18.5 Å². The Balaban J connectivity index is 2.84. The van der Waals surface area contributed by atoms with Crippen LogP contribution in [0.4, 0.5) is 0 Å². The molecule has 0 aliphatic carbocycles. The minimum absolute atomic E-state index is 0.294. The second kappa shape index (κ2) is 2.52. The molecule has 3 heteroatoms. The van der Waals surface area contributed by atoms with Gasteiger partial charge in [0.1, 0.15) is 5.52 Å². The minimum atomic E-state index is 0.294. The summed E-state index contributed by atoms with van der Waals surface area (Å²) in [5, 5.41) is 0. The van der Waals surface area contributed by atoms with Crippen molar-refractivity contribution in [1.29, 1.82) is 0 Å². The summed E-state index contributed by atoms with van der Waals surface area (Å²) in [6.45, 7) is 11.0. The molecule has 0 atom stereocenters. The lowest BCUT2D eigenvalue weighted by Crippen LogP contribution is -1.91. The Hall–Kier alpha value is -1.51. The summed E-state index contributed by atoms with van der Waals surface area (Å²) in [5.41, 5.74) is 1.90. The number of hydrogen-bond donors (Lipinski definition) is 0. The van der Waals surface area contributed by atoms with Crippen LogP contribution in [0.5, 0.6) is 0 Å². The molecule has 0 fully saturated rings. The van der Waals surface area contributed by atoms with Gasteiger partial charge in [-0.25, -0.2) is 9.97 Å². The van der Waals surface area contributed by atoms with Crippen LogP contribution in [0.3, 0.4) is 0 Å². The van der Waals surface area contributed by atoms with Crippen molar-refractivity contribution in [2.75, 3.05) is 0 Å². The SMILES string of the molecule is [CH]c1cc2nccnc2nc1[CH]. The molecule has 2 aromatic heterocycles. The van der Waals surface area contributed by atoms with Gasteiger partial charge in [0.2, 0.25) is 0 Å². The Kier molecular flexibility index (Phi) is 1.50. The number of pyridine rings is 1. The van der Waals surface area contributed by atoms with E-state index in [2.05, 4.69) is 15.0 Å². The first-order chi connectivity index (χ1) is 5.77. The number of nitrogens with zero attached hydrogens (tertiary/aromatic N) is 3. The molecule has 4 radical (unpaired) electrons. The average Bonchev–Trinajstić information content (AvgIpc) is 2.07. The summed E-state index contributed by atoms with van der Waals surface area (Å²) < 4.78 is 0. The number of rotatable bonds is 0. The summed E-state index contributed by atoms with van der Waals surface area (Å²) in [7, 11) is 0. The highest BCUT2D eigenvalue weighted by Crippen LogP contribution is 2.10. The highest BCUT2D eigenvalue weighted by atomic mass is 14.9. The lowest BCUT2D eigenvalue weighted by molar-refractivity contribution is 1.19. The van der Waals surface area contributed by atoms with E-state index in [9.17, 15) is 0 Å². The lowest BCUT2D eigenvalue weighted by Gasteiger charge is -1.99. The maximum Gasteiger partial charge on any atom is 0.178 e. The van der Waals surface area contributed by atoms with E-state index in [1.54, 1.807) is 18.5 Å². The molecule has 0 saturated heterocycles. The molecule has 0 saturated carbocycles. The van der Waals surface area contributed by atoms with Gasteiger partial charge in [0.05, 0.1) is 5.69 Å². The number of hydrogen-bond acceptors (Lipinski definition) is 3. The Bertz CT molecular complexity index is 383. The van der Waals surface area contributed by atoms with Gasteiger partial charge in [0, 0.05) is 26.2 Å². The van der Waals surface area contributed by atoms with E-state index in [0.717, 1.165) is 0 Å². The van der Waals surface area contributed by atoms with Gasteiger partial charge in [-0.15, -0.1) is 0 Å². The van der Waals surface area contributed by atoms with Crippen molar-refractivity contribution in [2.24, 2.45) is 0 Å². The third-order valence-electron chi connectivity index (χ3n) is 1.52. The van der Waals surface area contributed by atoms with E-state index in [-0.39, 0.29) is 0 Å². The van der Waals surface area contributed by atoms with Crippen LogP contribution >= 0.6 is 0 Å². The molecule has 0 unspecified atom stereocenters. The fourth-order valence-corrected chi connectivity index (χ4v) is 0.929. The molecule has 0 aliphatic heterocycles. The molecule has 0 bridgehead atoms. The zero-order chi connectivity index (χ0) is 8.55. The topological polar surface area (TPSA) is 38.7 Å². The molecule has 0 spiro atoms. The Morgan fingerprint density at radius 3 is 2.67 bits per heavy atom. The van der Waals surface area contributed by atoms with Crippen LogP contribution in [0.25, 0.3) is 11.2 Å². The van der Waals surface area contributed by atoms with Crippen molar-refractivity contribution in [1.82, 2.24) is 15.0 Å². The van der Waals surface area contributed by atoms with E-state index in [1.165, 1.54) is 0 Å². The van der Waals surface area contributed by atoms with E-state index in [0.29, 0.717) is 22.4 Å². The zero-order valence-corrected chi connectivity index (χ0v) is 6.23. The molecular formula is C9H5N3. The van der Waals surface area contributed by atoms with E-state index >= 15 is 0 Å². The largest absolute Gasteiger partial charge is 0.251 e. The van der Waals surface area contributed by atoms with Gasteiger partial charge >= 0.3 is 0 Å². The third-order valence-corrected chi connectivity index (χ3v) is 1.52. The van der Waals surface area contributed by atoms with Crippen molar-refractivity contribution >= 4 is 11.2 Å². The average molecular weight is 155 g/mol. The van der Waals surface area contributed by atoms with Crippen molar-refractivity contribution in [2.45, 2.75) is 0 Å². The fourth-order valence-electron chi connectivity index (χ4n) is 0.929. The third kappa shape index (κ3) is 1.03. The van der Waals surface area contributed by atoms with E-state index < -0.39 is 0 Å². The van der Waals surface area contributed by atoms with E-state index in [1.807, 2.05) is 0 Å². The first-order valence-electron chi connectivity index (χ1n) is 3.40. The molecule has 0 N–H and O–H groups in total. The standard InChI is InChI=1S/C9H5N3/c1-6-5-8-9(12-7(6)2)11-4-3-10-8/h1-5H. The van der Waals surface area contributed by atoms with Crippen LogP contribution in [-0.2, 0) is 0 Å². The Morgan fingerprint density at radius 2 is 1.83 bits per heavy atom. The molecule has 0 aromatic carbocycles. The van der Waals surface area contributed by atoms with Crippen LogP contribution in [0.1, 0.15) is 11.3 Å². The summed E-state index contributed by atoms with van der Waals surface area (Å²) in [6.07, 6.45) is 3.14. The summed E-state index contributed by atoms with van der Waals surface area (Å²) >= 11 is 0. The first kappa shape index (κ1) is 7.16. The normalized spacial score (nSPS) is 10.5. The second-order valence-electron chi connectivity index (χ2n) is 2.36. The van der Waals surface area contributed by atoms with Gasteiger partial charge in [-0.05, 0) is 11.6 Å². The predicted molar refractivity (Wildman–Crippen MR) is 44.1 cm³/mol. The van der Waals surface area contributed by atoms with Crippen molar-refractivity contribution in [3.63, 3.8) is 0 Å².